The van der Waals surface area contributed by atoms with Gasteiger partial charge in [-0.25, -0.2) is 4.98 Å². The Morgan fingerprint density at radius 2 is 2.07 bits per heavy atom. The monoisotopic (exact) mass is 377 g/mol. The summed E-state index contributed by atoms with van der Waals surface area (Å²) < 4.78 is 12.9. The quantitative estimate of drug-likeness (QED) is 0.741. The van der Waals surface area contributed by atoms with E-state index in [2.05, 4.69) is 28.2 Å². The molecule has 0 atom stereocenters. The normalized spacial score (nSPS) is 14.1. The lowest BCUT2D eigenvalue weighted by Gasteiger charge is -2.07. The molecule has 3 heterocycles. The van der Waals surface area contributed by atoms with Crippen LogP contribution >= 0.6 is 0 Å². The smallest absolute Gasteiger partial charge is 0.231 e. The van der Waals surface area contributed by atoms with Crippen LogP contribution in [-0.2, 0) is 30.7 Å². The third kappa shape index (κ3) is 3.33. The van der Waals surface area contributed by atoms with Crippen LogP contribution < -0.4 is 14.8 Å². The summed E-state index contributed by atoms with van der Waals surface area (Å²) in [7, 11) is 0. The first-order valence-corrected chi connectivity index (χ1v) is 9.55. The lowest BCUT2D eigenvalue weighted by Crippen LogP contribution is -2.24. The average molecular weight is 377 g/mol. The summed E-state index contributed by atoms with van der Waals surface area (Å²) >= 11 is 0. The number of nitrogens with zero attached hydrogens (tertiary/aromatic N) is 2. The number of aromatic nitrogens is 2. The Balaban J connectivity index is 0.00000205. The van der Waals surface area contributed by atoms with Gasteiger partial charge in [-0.2, -0.15) is 0 Å². The van der Waals surface area contributed by atoms with Gasteiger partial charge in [0, 0.05) is 32.7 Å². The van der Waals surface area contributed by atoms with Crippen LogP contribution in [0.2, 0.25) is 0 Å². The predicted molar refractivity (Wildman–Crippen MR) is 106 cm³/mol. The van der Waals surface area contributed by atoms with E-state index in [1.54, 1.807) is 0 Å². The van der Waals surface area contributed by atoms with Crippen LogP contribution in [0.4, 0.5) is 0 Å². The van der Waals surface area contributed by atoms with Crippen molar-refractivity contribution in [3.63, 3.8) is 0 Å². The van der Waals surface area contributed by atoms with Crippen LogP contribution in [0.25, 0.3) is 11.3 Å². The Kier molecular flexibility index (Phi) is 4.24. The molecule has 0 saturated carbocycles. The van der Waals surface area contributed by atoms with Gasteiger partial charge in [-0.05, 0) is 35.7 Å². The lowest BCUT2D eigenvalue weighted by molar-refractivity contribution is -0.120. The van der Waals surface area contributed by atoms with Gasteiger partial charge in [-0.1, -0.05) is 24.3 Å². The highest BCUT2D eigenvalue weighted by atomic mass is 16.7. The number of carbonyl (C=O) groups is 1. The van der Waals surface area contributed by atoms with E-state index in [1.807, 2.05) is 30.3 Å². The molecule has 0 unspecified atom stereocenters. The number of aryl methyl sites for hydroxylation is 2. The summed E-state index contributed by atoms with van der Waals surface area (Å²) in [4.78, 5) is 17.1. The van der Waals surface area contributed by atoms with E-state index >= 15 is 0 Å². The minimum atomic E-state index is -0.0229. The zero-order valence-corrected chi connectivity index (χ0v) is 15.5. The molecule has 6 nitrogen and oxygen atoms in total. The molecule has 1 aromatic heterocycles. The average Bonchev–Trinajstić information content (AvgIpc) is 3.42. The number of hydrogen-bond acceptors (Lipinski definition) is 4. The van der Waals surface area contributed by atoms with E-state index in [4.69, 9.17) is 14.5 Å². The number of benzene rings is 2. The van der Waals surface area contributed by atoms with Gasteiger partial charge in [0.05, 0.1) is 12.1 Å². The third-order valence-corrected chi connectivity index (χ3v) is 5.17. The van der Waals surface area contributed by atoms with Gasteiger partial charge in [0.2, 0.25) is 12.7 Å². The van der Waals surface area contributed by atoms with E-state index in [0.29, 0.717) is 18.7 Å². The molecule has 0 spiro atoms. The van der Waals surface area contributed by atoms with Gasteiger partial charge in [0.25, 0.3) is 0 Å². The van der Waals surface area contributed by atoms with Gasteiger partial charge in [0.1, 0.15) is 5.82 Å². The van der Waals surface area contributed by atoms with Crippen LogP contribution in [-0.4, -0.2) is 22.3 Å². The van der Waals surface area contributed by atoms with Crippen molar-refractivity contribution in [2.75, 3.05) is 6.79 Å². The number of nitrogens with one attached hydrogen (secondary N) is 1. The molecular formula is C22H23N3O3. The molecule has 28 heavy (non-hydrogen) atoms. The molecule has 2 aliphatic rings. The van der Waals surface area contributed by atoms with Crippen LogP contribution in [0.15, 0.2) is 48.7 Å². The number of amides is 1. The van der Waals surface area contributed by atoms with Crippen LogP contribution in [0.1, 0.15) is 24.8 Å². The molecule has 6 heteroatoms. The maximum atomic E-state index is 12.3. The first-order chi connectivity index (χ1) is 13.7. The number of carbonyl (C=O) groups excluding carboxylic acids is 1. The molecule has 2 aliphatic heterocycles. The fourth-order valence-corrected chi connectivity index (χ4v) is 3.73. The van der Waals surface area contributed by atoms with E-state index in [0.717, 1.165) is 46.9 Å². The van der Waals surface area contributed by atoms with Crippen molar-refractivity contribution in [3.8, 4) is 22.8 Å². The number of rotatable bonds is 5. The first kappa shape index (κ1) is 16.9. The first-order valence-electron chi connectivity index (χ1n) is 9.55. The van der Waals surface area contributed by atoms with Crippen LogP contribution in [0.5, 0.6) is 11.5 Å². The van der Waals surface area contributed by atoms with E-state index < -0.39 is 0 Å². The third-order valence-electron chi connectivity index (χ3n) is 5.17. The Labute approximate surface area is 164 Å². The minimum Gasteiger partial charge on any atom is -0.454 e. The lowest BCUT2D eigenvalue weighted by atomic mass is 10.1. The zero-order valence-electron chi connectivity index (χ0n) is 15.5. The topological polar surface area (TPSA) is 65.4 Å². The summed E-state index contributed by atoms with van der Waals surface area (Å²) in [5.74, 6) is 2.57. The highest BCUT2D eigenvalue weighted by Crippen LogP contribution is 2.32. The molecule has 144 valence electrons. The maximum absolute atomic E-state index is 12.3. The van der Waals surface area contributed by atoms with E-state index in [-0.39, 0.29) is 14.1 Å². The summed E-state index contributed by atoms with van der Waals surface area (Å²) in [5, 5.41) is 3.00. The SMILES string of the molecule is O=C(Cc1ccc2c(c1)OCO2)NCc1cccc(-c2cn3c(n2)CCC3)c1.[HH]. The van der Waals surface area contributed by atoms with E-state index in [9.17, 15) is 4.79 Å². The number of ether oxygens (including phenoxy) is 2. The fourth-order valence-electron chi connectivity index (χ4n) is 3.73. The van der Waals surface area contributed by atoms with Gasteiger partial charge in [-0.15, -0.1) is 0 Å². The number of hydrogen-bond donors (Lipinski definition) is 1. The Morgan fingerprint density at radius 1 is 1.14 bits per heavy atom. The van der Waals surface area contributed by atoms with Crippen molar-refractivity contribution < 1.29 is 15.7 Å². The van der Waals surface area contributed by atoms with Gasteiger partial charge in [0.15, 0.2) is 11.5 Å². The largest absolute Gasteiger partial charge is 0.454 e. The van der Waals surface area contributed by atoms with Crippen molar-refractivity contribution in [2.24, 2.45) is 0 Å². The second-order valence-electron chi connectivity index (χ2n) is 7.18. The summed E-state index contributed by atoms with van der Waals surface area (Å²) in [5.41, 5.74) is 4.06. The number of imidazole rings is 1. The molecule has 0 bridgehead atoms. The van der Waals surface area contributed by atoms with Gasteiger partial charge >= 0.3 is 0 Å². The predicted octanol–water partition coefficient (Wildman–Crippen LogP) is 3.33. The van der Waals surface area contributed by atoms with Crippen LogP contribution in [0, 0.1) is 0 Å². The standard InChI is InChI=1S/C22H21N3O3.H2/c26-22(11-15-6-7-19-20(10-15)28-14-27-19)23-12-16-3-1-4-17(9-16)18-13-25-8-2-5-21(25)24-18;/h1,3-4,6-7,9-10,13H,2,5,8,11-12,14H2,(H,23,26);1H. The fraction of sp³-hybridized carbons (Fsp3) is 0.273. The summed E-state index contributed by atoms with van der Waals surface area (Å²) in [6.07, 6.45) is 4.66. The Bertz CT molecular complexity index is 1030. The molecule has 2 aromatic carbocycles. The maximum Gasteiger partial charge on any atom is 0.231 e. The second-order valence-corrected chi connectivity index (χ2v) is 7.18. The minimum absolute atomic E-state index is 0. The molecule has 0 fully saturated rings. The summed E-state index contributed by atoms with van der Waals surface area (Å²) in [6.45, 7) is 1.78. The van der Waals surface area contributed by atoms with Crippen molar-refractivity contribution in [2.45, 2.75) is 32.4 Å². The Hall–Kier alpha value is -3.28. The zero-order chi connectivity index (χ0) is 18.9. The van der Waals surface area contributed by atoms with Crippen molar-refractivity contribution in [1.29, 1.82) is 0 Å². The molecule has 1 amide bonds. The van der Waals surface area contributed by atoms with Crippen molar-refractivity contribution >= 4 is 5.91 Å². The molecule has 5 rings (SSSR count). The molecule has 3 aromatic rings. The molecule has 0 saturated heterocycles. The second kappa shape index (κ2) is 7.03. The number of fused-ring (bicyclic) bond motifs is 2. The van der Waals surface area contributed by atoms with Crippen molar-refractivity contribution in [3.05, 3.63) is 65.6 Å². The molecule has 1 N–H and O–H groups in total. The molecular weight excluding hydrogens is 354 g/mol. The Morgan fingerprint density at radius 3 is 3.00 bits per heavy atom. The molecule has 0 aliphatic carbocycles. The summed E-state index contributed by atoms with van der Waals surface area (Å²) in [6, 6.07) is 13.8. The van der Waals surface area contributed by atoms with Gasteiger partial charge < -0.3 is 19.4 Å². The highest BCUT2D eigenvalue weighted by Gasteiger charge is 2.16. The molecule has 0 radical (unpaired) electrons. The van der Waals surface area contributed by atoms with Gasteiger partial charge in [-0.3, -0.25) is 4.79 Å². The van der Waals surface area contributed by atoms with Crippen molar-refractivity contribution in [1.82, 2.24) is 14.9 Å². The van der Waals surface area contributed by atoms with Crippen LogP contribution in [0.3, 0.4) is 0 Å². The highest BCUT2D eigenvalue weighted by molar-refractivity contribution is 5.78. The van der Waals surface area contributed by atoms with E-state index in [1.165, 1.54) is 6.42 Å².